The summed E-state index contributed by atoms with van der Waals surface area (Å²) < 4.78 is 38.5. The summed E-state index contributed by atoms with van der Waals surface area (Å²) in [7, 11) is 0. The van der Waals surface area contributed by atoms with Crippen LogP contribution in [0.1, 0.15) is 64.0 Å². The van der Waals surface area contributed by atoms with Gasteiger partial charge in [-0.3, -0.25) is 15.0 Å². The molecule has 3 heterocycles. The van der Waals surface area contributed by atoms with Crippen LogP contribution >= 0.6 is 0 Å². The number of nitro groups is 1. The van der Waals surface area contributed by atoms with Crippen LogP contribution in [0.15, 0.2) is 48.3 Å². The summed E-state index contributed by atoms with van der Waals surface area (Å²) >= 11 is 0. The van der Waals surface area contributed by atoms with E-state index in [2.05, 4.69) is 38.0 Å². The molecule has 1 aromatic heterocycles. The Morgan fingerprint density at radius 2 is 1.74 bits per heavy atom. The number of anilines is 2. The highest BCUT2D eigenvalue weighted by Gasteiger charge is 2.30. The van der Waals surface area contributed by atoms with Gasteiger partial charge in [-0.25, -0.2) is 4.98 Å². The molecule has 2 fully saturated rings. The average molecular weight is 591 g/mol. The molecule has 0 saturated carbocycles. The number of nitrogens with one attached hydrogen (secondary N) is 1. The number of aryl methyl sites for hydroxylation is 1. The van der Waals surface area contributed by atoms with E-state index < -0.39 is 16.7 Å². The van der Waals surface area contributed by atoms with Crippen molar-refractivity contribution in [2.75, 3.05) is 56.0 Å². The number of halogens is 3. The van der Waals surface area contributed by atoms with E-state index in [9.17, 15) is 23.3 Å². The first kappa shape index (κ1) is 33.2. The molecule has 4 rings (SSSR count). The number of piperidine rings is 1. The number of rotatable bonds is 10. The van der Waals surface area contributed by atoms with Crippen molar-refractivity contribution in [1.82, 2.24) is 14.8 Å². The zero-order valence-corrected chi connectivity index (χ0v) is 25.3. The van der Waals surface area contributed by atoms with Crippen molar-refractivity contribution in [3.8, 4) is 0 Å². The highest BCUT2D eigenvalue weighted by Crippen LogP contribution is 2.31. The van der Waals surface area contributed by atoms with E-state index in [1.807, 2.05) is 13.8 Å². The molecule has 1 N–H and O–H groups in total. The third kappa shape index (κ3) is 9.34. The lowest BCUT2D eigenvalue weighted by molar-refractivity contribution is -0.385. The van der Waals surface area contributed by atoms with E-state index in [-0.39, 0.29) is 11.7 Å². The number of allylic oxidation sites excluding steroid dienone is 2. The molecule has 1 aromatic carbocycles. The van der Waals surface area contributed by atoms with Crippen LogP contribution in [0.25, 0.3) is 0 Å². The third-order valence-corrected chi connectivity index (χ3v) is 7.81. The van der Waals surface area contributed by atoms with Gasteiger partial charge in [-0.05, 0) is 75.9 Å². The van der Waals surface area contributed by atoms with Crippen LogP contribution in [0.5, 0.6) is 0 Å². The van der Waals surface area contributed by atoms with Crippen LogP contribution < -0.4 is 10.2 Å². The molecule has 0 atom stereocenters. The number of piperazine rings is 1. The van der Waals surface area contributed by atoms with Gasteiger partial charge in [-0.1, -0.05) is 26.8 Å². The molecule has 0 aliphatic carbocycles. The van der Waals surface area contributed by atoms with Crippen molar-refractivity contribution >= 4 is 17.2 Å². The van der Waals surface area contributed by atoms with Crippen molar-refractivity contribution in [2.24, 2.45) is 0 Å². The SMILES string of the molecule is CC.CC/C=C(\CCCN1CCN(c2ccc(C(F)(F)F)cc2)CC1)N1CCC(Nc2cc(C)c([N+](=O)[O-])cn2)CC1. The van der Waals surface area contributed by atoms with Gasteiger partial charge < -0.3 is 15.1 Å². The first-order valence-electron chi connectivity index (χ1n) is 15.1. The van der Waals surface area contributed by atoms with Gasteiger partial charge in [0, 0.05) is 62.3 Å². The predicted molar refractivity (Wildman–Crippen MR) is 163 cm³/mol. The van der Waals surface area contributed by atoms with Crippen molar-refractivity contribution in [3.05, 3.63) is 69.5 Å². The van der Waals surface area contributed by atoms with Gasteiger partial charge in [-0.2, -0.15) is 13.2 Å². The first-order chi connectivity index (χ1) is 20.1. The number of alkyl halides is 3. The monoisotopic (exact) mass is 590 g/mol. The Balaban J connectivity index is 0.00000237. The number of pyridine rings is 1. The Morgan fingerprint density at radius 1 is 1.10 bits per heavy atom. The normalized spacial score (nSPS) is 17.1. The van der Waals surface area contributed by atoms with Crippen molar-refractivity contribution in [3.63, 3.8) is 0 Å². The molecule has 11 heteroatoms. The quantitative estimate of drug-likeness (QED) is 0.233. The van der Waals surface area contributed by atoms with Crippen LogP contribution in [0, 0.1) is 17.0 Å². The van der Waals surface area contributed by atoms with E-state index in [4.69, 9.17) is 0 Å². The molecule has 0 unspecified atom stereocenters. The number of benzene rings is 1. The molecule has 8 nitrogen and oxygen atoms in total. The molecule has 2 saturated heterocycles. The van der Waals surface area contributed by atoms with Crippen molar-refractivity contribution < 1.29 is 18.1 Å². The lowest BCUT2D eigenvalue weighted by atomic mass is 10.0. The highest BCUT2D eigenvalue weighted by atomic mass is 19.4. The van der Waals surface area contributed by atoms with Crippen LogP contribution in [0.2, 0.25) is 0 Å². The molecule has 2 aliphatic rings. The Hall–Kier alpha value is -3.34. The zero-order valence-electron chi connectivity index (χ0n) is 25.3. The van der Waals surface area contributed by atoms with Gasteiger partial charge in [0.2, 0.25) is 0 Å². The number of aromatic nitrogens is 1. The average Bonchev–Trinajstić information content (AvgIpc) is 2.98. The second kappa shape index (κ2) is 15.8. The fraction of sp³-hybridized carbons (Fsp3) is 0.581. The molecule has 232 valence electrons. The molecular weight excluding hydrogens is 545 g/mol. The Labute approximate surface area is 247 Å². The predicted octanol–water partition coefficient (Wildman–Crippen LogP) is 7.12. The third-order valence-electron chi connectivity index (χ3n) is 7.81. The number of hydrogen-bond donors (Lipinski definition) is 1. The molecule has 0 amide bonds. The maximum Gasteiger partial charge on any atom is 0.416 e. The molecular formula is C31H45F3N6O2. The molecule has 42 heavy (non-hydrogen) atoms. The number of hydrogen-bond acceptors (Lipinski definition) is 7. The maximum atomic E-state index is 12.8. The van der Waals surface area contributed by atoms with Gasteiger partial charge in [0.1, 0.15) is 12.0 Å². The summed E-state index contributed by atoms with van der Waals surface area (Å²) in [6.07, 6.45) is 4.38. The van der Waals surface area contributed by atoms with Gasteiger partial charge in [-0.15, -0.1) is 0 Å². The highest BCUT2D eigenvalue weighted by molar-refractivity contribution is 5.49. The summed E-state index contributed by atoms with van der Waals surface area (Å²) in [5.41, 5.74) is 2.28. The molecule has 0 bridgehead atoms. The molecule has 2 aliphatic heterocycles. The smallest absolute Gasteiger partial charge is 0.375 e. The summed E-state index contributed by atoms with van der Waals surface area (Å²) in [6.45, 7) is 14.3. The minimum Gasteiger partial charge on any atom is -0.375 e. The summed E-state index contributed by atoms with van der Waals surface area (Å²) in [5, 5.41) is 14.5. The van der Waals surface area contributed by atoms with Crippen LogP contribution in [-0.4, -0.2) is 71.6 Å². The van der Waals surface area contributed by atoms with Crippen LogP contribution in [-0.2, 0) is 6.18 Å². The minimum atomic E-state index is -4.30. The summed E-state index contributed by atoms with van der Waals surface area (Å²) in [5.74, 6) is 0.685. The molecule has 2 aromatic rings. The molecule has 0 radical (unpaired) electrons. The Bertz CT molecular complexity index is 1160. The zero-order chi connectivity index (χ0) is 30.7. The fourth-order valence-electron chi connectivity index (χ4n) is 5.54. The number of likely N-dealkylation sites (tertiary alicyclic amines) is 1. The topological polar surface area (TPSA) is 77.8 Å². The van der Waals surface area contributed by atoms with E-state index in [0.29, 0.717) is 11.4 Å². The van der Waals surface area contributed by atoms with E-state index in [0.717, 1.165) is 95.7 Å². The van der Waals surface area contributed by atoms with Crippen LogP contribution in [0.3, 0.4) is 0 Å². The maximum absolute atomic E-state index is 12.8. The lowest BCUT2D eigenvalue weighted by Gasteiger charge is -2.37. The second-order valence-corrected chi connectivity index (χ2v) is 10.6. The number of nitrogens with zero attached hydrogens (tertiary/aromatic N) is 5. The second-order valence-electron chi connectivity index (χ2n) is 10.6. The summed E-state index contributed by atoms with van der Waals surface area (Å²) in [6, 6.07) is 7.50. The largest absolute Gasteiger partial charge is 0.416 e. The van der Waals surface area contributed by atoms with Gasteiger partial charge in [0.15, 0.2) is 0 Å². The van der Waals surface area contributed by atoms with Crippen molar-refractivity contribution in [2.45, 2.75) is 72.0 Å². The first-order valence-corrected chi connectivity index (χ1v) is 15.1. The van der Waals surface area contributed by atoms with Crippen molar-refractivity contribution in [1.29, 1.82) is 0 Å². The lowest BCUT2D eigenvalue weighted by Crippen LogP contribution is -2.46. The van der Waals surface area contributed by atoms with Gasteiger partial charge >= 0.3 is 6.18 Å². The molecule has 0 spiro atoms. The van der Waals surface area contributed by atoms with Gasteiger partial charge in [0.05, 0.1) is 10.5 Å². The Kier molecular flexibility index (Phi) is 12.4. The van der Waals surface area contributed by atoms with E-state index >= 15 is 0 Å². The van der Waals surface area contributed by atoms with Crippen LogP contribution in [0.4, 0.5) is 30.4 Å². The fourth-order valence-corrected chi connectivity index (χ4v) is 5.54. The standard InChI is InChI=1S/C29H39F3N6O2.C2H6/c1-3-5-25(36-14-11-24(12-15-36)34-28-20-22(2)27(21-33-28)38(39)40)6-4-13-35-16-18-37(19-17-35)26-9-7-23(8-10-26)29(30,31)32;1-2/h5,7-10,20-21,24H,3-4,6,11-19H2,1-2H3,(H,33,34);1-2H3/b25-5+;. The summed E-state index contributed by atoms with van der Waals surface area (Å²) in [4.78, 5) is 22.0. The minimum absolute atomic E-state index is 0.0377. The van der Waals surface area contributed by atoms with E-state index in [1.54, 1.807) is 25.1 Å². The Morgan fingerprint density at radius 3 is 2.29 bits per heavy atom. The van der Waals surface area contributed by atoms with Gasteiger partial charge in [0.25, 0.3) is 5.69 Å². The van der Waals surface area contributed by atoms with E-state index in [1.165, 1.54) is 11.9 Å².